The molecule has 0 saturated heterocycles. The Morgan fingerprint density at radius 2 is 0.841 bits per heavy atom. The minimum atomic E-state index is -1.25. The van der Waals surface area contributed by atoms with Crippen LogP contribution in [0.4, 0.5) is 21.0 Å². The highest BCUT2D eigenvalue weighted by Gasteiger charge is 2.32. The number of hydrogen-bond donors (Lipinski definition) is 3. The van der Waals surface area contributed by atoms with Crippen LogP contribution in [0.5, 0.6) is 23.0 Å². The molecule has 2 unspecified atom stereocenters. The second-order valence-corrected chi connectivity index (χ2v) is 17.4. The van der Waals surface area contributed by atoms with Crippen LogP contribution in [0.15, 0.2) is 115 Å². The van der Waals surface area contributed by atoms with Crippen molar-refractivity contribution in [2.45, 2.75) is 57.9 Å². The van der Waals surface area contributed by atoms with Gasteiger partial charge in [0.15, 0.2) is 0 Å². The summed E-state index contributed by atoms with van der Waals surface area (Å²) < 4.78 is 48.3. The first-order valence-corrected chi connectivity index (χ1v) is 22.8. The summed E-state index contributed by atoms with van der Waals surface area (Å²) in [5, 5.41) is 7.46. The zero-order chi connectivity index (χ0) is 49.8. The van der Waals surface area contributed by atoms with Gasteiger partial charge in [0.05, 0.1) is 27.4 Å². The molecule has 16 nitrogen and oxygen atoms in total. The molecule has 0 aliphatic rings. The molecule has 5 aromatic carbocycles. The van der Waals surface area contributed by atoms with Gasteiger partial charge in [-0.1, -0.05) is 48.5 Å². The highest BCUT2D eigenvalue weighted by molar-refractivity contribution is 5.67. The van der Waals surface area contributed by atoms with Crippen LogP contribution < -0.4 is 44.8 Å². The van der Waals surface area contributed by atoms with Crippen LogP contribution in [0.2, 0.25) is 0 Å². The first-order valence-electron chi connectivity index (χ1n) is 22.8. The summed E-state index contributed by atoms with van der Waals surface area (Å²) >= 11 is 0. The molecule has 372 valence electrons. The SMILES string of the molecule is COc1ccc(CC(C)(OCCOC(=O)NCc2ccc(N(C)C)cc2)Oc2cc(CNN(C)C)cc(OC(C)(Cc3ccc(OC)cc3)OCCOC(=O)NCc3ccc(N(C)C)cc3)c2)cc1. The Labute approximate surface area is 407 Å². The molecule has 5 rings (SSSR count). The Balaban J connectivity index is 1.31. The van der Waals surface area contributed by atoms with Gasteiger partial charge in [0.2, 0.25) is 11.6 Å². The second kappa shape index (κ2) is 26.1. The lowest BCUT2D eigenvalue weighted by atomic mass is 10.1. The third kappa shape index (κ3) is 18.4. The molecule has 0 radical (unpaired) electrons. The second-order valence-electron chi connectivity index (χ2n) is 17.4. The van der Waals surface area contributed by atoms with Crippen LogP contribution in [-0.2, 0) is 51.4 Å². The molecule has 16 heteroatoms. The number of alkyl carbamates (subject to hydrolysis) is 2. The summed E-state index contributed by atoms with van der Waals surface area (Å²) in [6.07, 6.45) is -0.464. The van der Waals surface area contributed by atoms with Gasteiger partial charge >= 0.3 is 12.2 Å². The predicted molar refractivity (Wildman–Crippen MR) is 268 cm³/mol. The van der Waals surface area contributed by atoms with Gasteiger partial charge in [0.1, 0.15) is 36.2 Å². The Morgan fingerprint density at radius 3 is 1.19 bits per heavy atom. The van der Waals surface area contributed by atoms with Crippen LogP contribution >= 0.6 is 0 Å². The lowest BCUT2D eigenvalue weighted by Crippen LogP contribution is -2.40. The molecule has 0 aromatic heterocycles. The van der Waals surface area contributed by atoms with E-state index in [0.717, 1.165) is 50.7 Å². The average molecular weight is 951 g/mol. The number of nitrogens with one attached hydrogen (secondary N) is 3. The minimum Gasteiger partial charge on any atom is -0.497 e. The topological polar surface area (TPSA) is 154 Å². The van der Waals surface area contributed by atoms with E-state index in [1.807, 2.05) is 180 Å². The quantitative estimate of drug-likeness (QED) is 0.0265. The molecule has 2 atom stereocenters. The number of nitrogens with zero attached hydrogens (tertiary/aromatic N) is 3. The fourth-order valence-corrected chi connectivity index (χ4v) is 7.12. The molecule has 3 N–H and O–H groups in total. The lowest BCUT2D eigenvalue weighted by molar-refractivity contribution is -0.177. The molecule has 0 fully saturated rings. The third-order valence-electron chi connectivity index (χ3n) is 10.8. The van der Waals surface area contributed by atoms with E-state index in [-0.39, 0.29) is 26.4 Å². The van der Waals surface area contributed by atoms with Gasteiger partial charge in [-0.2, -0.15) is 0 Å². The fraction of sp³-hybridized carbons (Fsp3) is 0.396. The molecular weight excluding hydrogens is 881 g/mol. The number of methoxy groups -OCH3 is 2. The van der Waals surface area contributed by atoms with E-state index in [0.29, 0.717) is 44.0 Å². The molecule has 0 spiro atoms. The predicted octanol–water partition coefficient (Wildman–Crippen LogP) is 7.96. The lowest BCUT2D eigenvalue weighted by Gasteiger charge is -2.33. The normalized spacial score (nSPS) is 12.8. The van der Waals surface area contributed by atoms with Crippen molar-refractivity contribution in [2.75, 3.05) is 92.7 Å². The number of anilines is 2. The monoisotopic (exact) mass is 951 g/mol. The van der Waals surface area contributed by atoms with Gasteiger partial charge < -0.3 is 58.3 Å². The van der Waals surface area contributed by atoms with Crippen LogP contribution in [0, 0.1) is 0 Å². The Morgan fingerprint density at radius 1 is 0.464 bits per heavy atom. The average Bonchev–Trinajstić information content (AvgIpc) is 3.33. The van der Waals surface area contributed by atoms with E-state index in [1.165, 1.54) is 0 Å². The molecule has 2 amide bonds. The van der Waals surface area contributed by atoms with Crippen molar-refractivity contribution in [3.05, 3.63) is 143 Å². The van der Waals surface area contributed by atoms with Crippen LogP contribution in [0.25, 0.3) is 0 Å². The number of carbonyl (C=O) groups excluding carboxylic acids is 2. The van der Waals surface area contributed by atoms with E-state index in [9.17, 15) is 9.59 Å². The van der Waals surface area contributed by atoms with Gasteiger partial charge in [-0.3, -0.25) is 10.4 Å². The van der Waals surface area contributed by atoms with E-state index in [4.69, 9.17) is 37.9 Å². The van der Waals surface area contributed by atoms with E-state index < -0.39 is 23.8 Å². The van der Waals surface area contributed by atoms with Crippen molar-refractivity contribution in [2.24, 2.45) is 0 Å². The minimum absolute atomic E-state index is 0.0224. The maximum absolute atomic E-state index is 12.7. The van der Waals surface area contributed by atoms with Gasteiger partial charge in [-0.05, 0) is 88.5 Å². The first-order chi connectivity index (χ1) is 33.0. The zero-order valence-electron chi connectivity index (χ0n) is 41.8. The summed E-state index contributed by atoms with van der Waals surface area (Å²) in [6, 6.07) is 36.7. The summed E-state index contributed by atoms with van der Waals surface area (Å²) in [5.41, 5.74) is 10.0. The largest absolute Gasteiger partial charge is 0.497 e. The zero-order valence-corrected chi connectivity index (χ0v) is 41.8. The van der Waals surface area contributed by atoms with Gasteiger partial charge in [0.25, 0.3) is 0 Å². The highest BCUT2D eigenvalue weighted by atomic mass is 16.7. The molecule has 0 aliphatic heterocycles. The van der Waals surface area contributed by atoms with Crippen molar-refractivity contribution in [1.82, 2.24) is 21.1 Å². The number of benzene rings is 5. The number of amides is 2. The van der Waals surface area contributed by atoms with Gasteiger partial charge in [-0.25, -0.2) is 9.59 Å². The Kier molecular flexibility index (Phi) is 20.2. The number of hydrazine groups is 1. The smallest absolute Gasteiger partial charge is 0.407 e. The molecule has 5 aromatic rings. The standard InChI is InChI=1S/C53H70N6O10/c1-52(34-39-15-23-46(62-9)24-16-39,66-29-27-64-50(60)54-36-41-11-19-44(20-12-41)57(3)4)68-48-31-43(38-56-59(7)8)32-49(33-48)69-53(2,35-40-17-25-47(63-10)26-18-40)67-30-28-65-51(61)55-37-42-13-21-45(22-14-42)58(5)6/h11-26,31-33,56H,27-30,34-38H2,1-10H3,(H,54,60)(H,55,61). The van der Waals surface area contributed by atoms with Crippen LogP contribution in [-0.4, -0.2) is 112 Å². The summed E-state index contributed by atoms with van der Waals surface area (Å²) in [6.45, 7) is 4.80. The number of rotatable bonds is 27. The molecule has 0 heterocycles. The number of ether oxygens (including phenoxy) is 8. The van der Waals surface area contributed by atoms with Crippen molar-refractivity contribution < 1.29 is 47.5 Å². The van der Waals surface area contributed by atoms with E-state index >= 15 is 0 Å². The fourth-order valence-electron chi connectivity index (χ4n) is 7.12. The maximum atomic E-state index is 12.7. The summed E-state index contributed by atoms with van der Waals surface area (Å²) in [5.74, 6) is -0.138. The van der Waals surface area contributed by atoms with Crippen LogP contribution in [0.3, 0.4) is 0 Å². The third-order valence-corrected chi connectivity index (χ3v) is 10.8. The van der Waals surface area contributed by atoms with Crippen molar-refractivity contribution in [3.8, 4) is 23.0 Å². The number of hydrogen-bond acceptors (Lipinski definition) is 14. The summed E-state index contributed by atoms with van der Waals surface area (Å²) in [4.78, 5) is 29.4. The highest BCUT2D eigenvalue weighted by Crippen LogP contribution is 2.33. The van der Waals surface area contributed by atoms with Crippen molar-refractivity contribution in [1.29, 1.82) is 0 Å². The Bertz CT molecular complexity index is 2180. The molecular formula is C53H70N6O10. The first kappa shape index (κ1) is 53.2. The molecule has 0 bridgehead atoms. The van der Waals surface area contributed by atoms with Crippen LogP contribution in [0.1, 0.15) is 41.7 Å². The molecule has 69 heavy (non-hydrogen) atoms. The maximum Gasteiger partial charge on any atom is 0.407 e. The number of carbonyl (C=O) groups is 2. The Hall–Kier alpha value is -6.72. The molecule has 0 saturated carbocycles. The van der Waals surface area contributed by atoms with Crippen molar-refractivity contribution in [3.63, 3.8) is 0 Å². The van der Waals surface area contributed by atoms with Gasteiger partial charge in [-0.15, -0.1) is 0 Å². The van der Waals surface area contributed by atoms with Crippen molar-refractivity contribution >= 4 is 23.6 Å². The van der Waals surface area contributed by atoms with E-state index in [2.05, 4.69) is 16.1 Å². The molecule has 0 aliphatic carbocycles. The summed E-state index contributed by atoms with van der Waals surface area (Å²) in [7, 11) is 15.0. The van der Waals surface area contributed by atoms with Gasteiger partial charge in [0, 0.05) is 106 Å². The van der Waals surface area contributed by atoms with E-state index in [1.54, 1.807) is 20.3 Å².